The first-order valence-corrected chi connectivity index (χ1v) is 7.20. The van der Waals surface area contributed by atoms with E-state index >= 15 is 0 Å². The smallest absolute Gasteiger partial charge is 0.107 e. The van der Waals surface area contributed by atoms with Crippen molar-refractivity contribution < 1.29 is 9.78 Å². The van der Waals surface area contributed by atoms with Gasteiger partial charge >= 0.3 is 0 Å². The Morgan fingerprint density at radius 2 is 2.10 bits per heavy atom. The zero-order valence-corrected chi connectivity index (χ0v) is 12.7. The van der Waals surface area contributed by atoms with E-state index in [-0.39, 0.29) is 0 Å². The van der Waals surface area contributed by atoms with E-state index in [9.17, 15) is 5.26 Å². The Balaban J connectivity index is 2.44. The quantitative estimate of drug-likeness (QED) is 0.460. The van der Waals surface area contributed by atoms with Gasteiger partial charge in [-0.05, 0) is 42.5 Å². The van der Waals surface area contributed by atoms with Gasteiger partial charge in [0.15, 0.2) is 0 Å². The van der Waals surface area contributed by atoms with E-state index in [1.165, 1.54) is 0 Å². The van der Waals surface area contributed by atoms with Gasteiger partial charge in [-0.1, -0.05) is 19.9 Å². The van der Waals surface area contributed by atoms with Crippen molar-refractivity contribution in [1.82, 2.24) is 4.98 Å². The van der Waals surface area contributed by atoms with Crippen molar-refractivity contribution in [2.45, 2.75) is 33.8 Å². The van der Waals surface area contributed by atoms with E-state index < -0.39 is 0 Å². The summed E-state index contributed by atoms with van der Waals surface area (Å²) in [5, 5.41) is 10.3. The number of pyridine rings is 1. The second-order valence-corrected chi connectivity index (χ2v) is 5.38. The van der Waals surface area contributed by atoms with Crippen molar-refractivity contribution in [3.8, 4) is 6.07 Å². The Labute approximate surface area is 125 Å². The van der Waals surface area contributed by atoms with Crippen LogP contribution in [0.1, 0.15) is 37.5 Å². The van der Waals surface area contributed by atoms with E-state index in [2.05, 4.69) is 24.9 Å². The van der Waals surface area contributed by atoms with Gasteiger partial charge < -0.3 is 0 Å². The first-order chi connectivity index (χ1) is 10.2. The molecule has 0 aliphatic rings. The van der Waals surface area contributed by atoms with Crippen LogP contribution in [-0.4, -0.2) is 11.6 Å². The summed E-state index contributed by atoms with van der Waals surface area (Å²) < 4.78 is 0. The van der Waals surface area contributed by atoms with Crippen LogP contribution in [0.3, 0.4) is 0 Å². The predicted molar refractivity (Wildman–Crippen MR) is 81.4 cm³/mol. The SMILES string of the molecule is CCOOCc1ccc2ncc(C#N)c(CC(C)C)c2c1. The molecule has 0 radical (unpaired) electrons. The van der Waals surface area contributed by atoms with Gasteiger partial charge in [-0.2, -0.15) is 5.26 Å². The van der Waals surface area contributed by atoms with Crippen LogP contribution in [0.5, 0.6) is 0 Å². The molecule has 0 amide bonds. The molecule has 4 heteroatoms. The molecule has 1 aromatic carbocycles. The molecule has 0 bridgehead atoms. The molecule has 0 fully saturated rings. The first kappa shape index (κ1) is 15.4. The Kier molecular flexibility index (Phi) is 5.26. The van der Waals surface area contributed by atoms with Crippen LogP contribution < -0.4 is 0 Å². The fourth-order valence-electron chi connectivity index (χ4n) is 2.30. The average Bonchev–Trinajstić information content (AvgIpc) is 2.47. The molecule has 1 aromatic heterocycles. The highest BCUT2D eigenvalue weighted by Crippen LogP contribution is 2.24. The van der Waals surface area contributed by atoms with E-state index in [1.807, 2.05) is 25.1 Å². The van der Waals surface area contributed by atoms with Crippen LogP contribution in [0.4, 0.5) is 0 Å². The molecular weight excluding hydrogens is 264 g/mol. The summed E-state index contributed by atoms with van der Waals surface area (Å²) in [4.78, 5) is 14.4. The number of benzene rings is 1. The lowest BCUT2D eigenvalue weighted by Gasteiger charge is -2.12. The lowest BCUT2D eigenvalue weighted by molar-refractivity contribution is -0.300. The number of nitriles is 1. The van der Waals surface area contributed by atoms with Crippen molar-refractivity contribution in [2.24, 2.45) is 5.92 Å². The molecule has 21 heavy (non-hydrogen) atoms. The van der Waals surface area contributed by atoms with Crippen LogP contribution in [0.2, 0.25) is 0 Å². The highest BCUT2D eigenvalue weighted by molar-refractivity contribution is 5.84. The molecule has 1 heterocycles. The molecule has 0 atom stereocenters. The second-order valence-electron chi connectivity index (χ2n) is 5.38. The minimum atomic E-state index is 0.391. The summed E-state index contributed by atoms with van der Waals surface area (Å²) in [5.74, 6) is 0.478. The monoisotopic (exact) mass is 284 g/mol. The van der Waals surface area contributed by atoms with Crippen LogP contribution in [-0.2, 0) is 22.8 Å². The normalized spacial score (nSPS) is 11.0. The number of rotatable bonds is 6. The molecule has 110 valence electrons. The molecule has 2 aromatic rings. The fourth-order valence-corrected chi connectivity index (χ4v) is 2.30. The number of hydrogen-bond donors (Lipinski definition) is 0. The molecule has 0 saturated carbocycles. The van der Waals surface area contributed by atoms with E-state index in [4.69, 9.17) is 9.78 Å². The third-order valence-corrected chi connectivity index (χ3v) is 3.20. The van der Waals surface area contributed by atoms with Crippen LogP contribution in [0, 0.1) is 17.2 Å². The maximum atomic E-state index is 9.30. The standard InChI is InChI=1S/C17H20N2O2/c1-4-20-21-11-13-5-6-17-16(8-13)15(7-12(2)3)14(9-18)10-19-17/h5-6,8,10,12H,4,7,11H2,1-3H3. The lowest BCUT2D eigenvalue weighted by atomic mass is 9.95. The topological polar surface area (TPSA) is 55.1 Å². The Morgan fingerprint density at radius 3 is 2.76 bits per heavy atom. The Hall–Kier alpha value is -1.96. The van der Waals surface area contributed by atoms with Crippen LogP contribution in [0.25, 0.3) is 10.9 Å². The van der Waals surface area contributed by atoms with Gasteiger partial charge in [0.1, 0.15) is 12.7 Å². The fraction of sp³-hybridized carbons (Fsp3) is 0.412. The Bertz CT molecular complexity index is 660. The summed E-state index contributed by atoms with van der Waals surface area (Å²) in [6.07, 6.45) is 2.52. The van der Waals surface area contributed by atoms with Gasteiger partial charge in [0, 0.05) is 11.6 Å². The first-order valence-electron chi connectivity index (χ1n) is 7.20. The molecule has 0 saturated heterocycles. The molecule has 0 aliphatic heterocycles. The van der Waals surface area contributed by atoms with Gasteiger partial charge in [0.05, 0.1) is 17.7 Å². The summed E-state index contributed by atoms with van der Waals surface area (Å²) >= 11 is 0. The van der Waals surface area contributed by atoms with E-state index in [0.29, 0.717) is 24.7 Å². The van der Waals surface area contributed by atoms with Gasteiger partial charge in [-0.15, -0.1) is 0 Å². The molecule has 0 spiro atoms. The molecule has 2 rings (SSSR count). The van der Waals surface area contributed by atoms with Crippen molar-refractivity contribution in [2.75, 3.05) is 6.61 Å². The average molecular weight is 284 g/mol. The van der Waals surface area contributed by atoms with Gasteiger partial charge in [-0.25, -0.2) is 9.78 Å². The maximum Gasteiger partial charge on any atom is 0.107 e. The minimum Gasteiger partial charge on any atom is -0.255 e. The number of aromatic nitrogens is 1. The van der Waals surface area contributed by atoms with Crippen molar-refractivity contribution >= 4 is 10.9 Å². The van der Waals surface area contributed by atoms with Gasteiger partial charge in [0.2, 0.25) is 0 Å². The van der Waals surface area contributed by atoms with Gasteiger partial charge in [0.25, 0.3) is 0 Å². The third kappa shape index (κ3) is 3.78. The molecular formula is C17H20N2O2. The summed E-state index contributed by atoms with van der Waals surface area (Å²) in [5.41, 5.74) is 3.64. The third-order valence-electron chi connectivity index (χ3n) is 3.20. The van der Waals surface area contributed by atoms with E-state index in [1.54, 1.807) is 6.20 Å². The zero-order valence-electron chi connectivity index (χ0n) is 12.7. The van der Waals surface area contributed by atoms with Crippen molar-refractivity contribution in [3.63, 3.8) is 0 Å². The Morgan fingerprint density at radius 1 is 1.29 bits per heavy atom. The highest BCUT2D eigenvalue weighted by atomic mass is 17.2. The molecule has 0 aliphatic carbocycles. The van der Waals surface area contributed by atoms with Gasteiger partial charge in [-0.3, -0.25) is 4.98 Å². The summed E-state index contributed by atoms with van der Waals surface area (Å²) in [7, 11) is 0. The van der Waals surface area contributed by atoms with Crippen LogP contribution in [0.15, 0.2) is 24.4 Å². The second kappa shape index (κ2) is 7.16. The number of nitrogens with zero attached hydrogens (tertiary/aromatic N) is 2. The summed E-state index contributed by atoms with van der Waals surface area (Å²) in [6.45, 7) is 7.09. The lowest BCUT2D eigenvalue weighted by Crippen LogP contribution is -2.01. The highest BCUT2D eigenvalue weighted by Gasteiger charge is 2.11. The van der Waals surface area contributed by atoms with Crippen molar-refractivity contribution in [1.29, 1.82) is 5.26 Å². The predicted octanol–water partition coefficient (Wildman–Crippen LogP) is 3.77. The molecule has 4 nitrogen and oxygen atoms in total. The number of hydrogen-bond acceptors (Lipinski definition) is 4. The molecule has 0 N–H and O–H groups in total. The molecule has 0 unspecified atom stereocenters. The van der Waals surface area contributed by atoms with Crippen molar-refractivity contribution in [3.05, 3.63) is 41.1 Å². The van der Waals surface area contributed by atoms with Crippen LogP contribution >= 0.6 is 0 Å². The number of fused-ring (bicyclic) bond motifs is 1. The minimum absolute atomic E-state index is 0.391. The largest absolute Gasteiger partial charge is 0.255 e. The zero-order chi connectivity index (χ0) is 15.2. The maximum absolute atomic E-state index is 9.30. The van der Waals surface area contributed by atoms with E-state index in [0.717, 1.165) is 28.5 Å². The summed E-state index contributed by atoms with van der Waals surface area (Å²) in [6, 6.07) is 8.22.